The van der Waals surface area contributed by atoms with Crippen LogP contribution in [0.25, 0.3) is 0 Å². The SMILES string of the molecule is CCOC(=O)COc1ccc(CCNC(=O)CC(C)N)cc1.Cl. The summed E-state index contributed by atoms with van der Waals surface area (Å²) in [4.78, 5) is 22.6. The average molecular weight is 345 g/mol. The van der Waals surface area contributed by atoms with E-state index in [0.717, 1.165) is 12.0 Å². The van der Waals surface area contributed by atoms with Gasteiger partial charge in [0, 0.05) is 19.0 Å². The van der Waals surface area contributed by atoms with E-state index in [1.807, 2.05) is 12.1 Å². The highest BCUT2D eigenvalue weighted by Gasteiger charge is 2.05. The Morgan fingerprint density at radius 2 is 1.91 bits per heavy atom. The molecule has 0 saturated carbocycles. The second-order valence-corrected chi connectivity index (χ2v) is 5.02. The molecule has 0 aliphatic carbocycles. The minimum absolute atomic E-state index is 0. The molecule has 0 saturated heterocycles. The molecule has 0 heterocycles. The summed E-state index contributed by atoms with van der Waals surface area (Å²) in [6.45, 7) is 4.36. The van der Waals surface area contributed by atoms with E-state index in [1.54, 1.807) is 26.0 Å². The maximum Gasteiger partial charge on any atom is 0.344 e. The summed E-state index contributed by atoms with van der Waals surface area (Å²) in [5.41, 5.74) is 6.63. The highest BCUT2D eigenvalue weighted by molar-refractivity contribution is 5.85. The molecule has 130 valence electrons. The van der Waals surface area contributed by atoms with Gasteiger partial charge < -0.3 is 20.5 Å². The number of halogens is 1. The lowest BCUT2D eigenvalue weighted by atomic mass is 10.1. The van der Waals surface area contributed by atoms with Crippen LogP contribution in [0, 0.1) is 0 Å². The molecule has 1 atom stereocenters. The third kappa shape index (κ3) is 9.76. The predicted octanol–water partition coefficient (Wildman–Crippen LogP) is 1.45. The molecule has 1 aromatic carbocycles. The first-order chi connectivity index (χ1) is 10.5. The molecule has 1 unspecified atom stereocenters. The summed E-state index contributed by atoms with van der Waals surface area (Å²) in [6.07, 6.45) is 1.06. The molecule has 7 heteroatoms. The number of nitrogens with one attached hydrogen (secondary N) is 1. The van der Waals surface area contributed by atoms with E-state index in [4.69, 9.17) is 15.2 Å². The van der Waals surface area contributed by atoms with E-state index < -0.39 is 0 Å². The van der Waals surface area contributed by atoms with Crippen LogP contribution < -0.4 is 15.8 Å². The first-order valence-corrected chi connectivity index (χ1v) is 7.41. The standard InChI is InChI=1S/C16H24N2O4.ClH/c1-3-21-16(20)11-22-14-6-4-13(5-7-14)8-9-18-15(19)10-12(2)17;/h4-7,12H,3,8-11,17H2,1-2H3,(H,18,19);1H. The number of carbonyl (C=O) groups is 2. The molecule has 0 fully saturated rings. The van der Waals surface area contributed by atoms with Gasteiger partial charge in [0.05, 0.1) is 6.61 Å². The van der Waals surface area contributed by atoms with Crippen molar-refractivity contribution in [2.45, 2.75) is 32.7 Å². The molecule has 0 aromatic heterocycles. The van der Waals surface area contributed by atoms with E-state index in [9.17, 15) is 9.59 Å². The van der Waals surface area contributed by atoms with Crippen molar-refractivity contribution in [1.82, 2.24) is 5.32 Å². The fraction of sp³-hybridized carbons (Fsp3) is 0.500. The largest absolute Gasteiger partial charge is 0.482 e. The molecular weight excluding hydrogens is 320 g/mol. The summed E-state index contributed by atoms with van der Waals surface area (Å²) in [7, 11) is 0. The summed E-state index contributed by atoms with van der Waals surface area (Å²) < 4.78 is 10.1. The minimum atomic E-state index is -0.386. The number of hydrogen-bond acceptors (Lipinski definition) is 5. The molecule has 23 heavy (non-hydrogen) atoms. The van der Waals surface area contributed by atoms with Crippen LogP contribution >= 0.6 is 12.4 Å². The van der Waals surface area contributed by atoms with E-state index in [1.165, 1.54) is 0 Å². The second kappa shape index (κ2) is 11.7. The van der Waals surface area contributed by atoms with Crippen LogP contribution in [0.2, 0.25) is 0 Å². The van der Waals surface area contributed by atoms with Gasteiger partial charge in [0.2, 0.25) is 5.91 Å². The molecular formula is C16H25ClN2O4. The van der Waals surface area contributed by atoms with E-state index in [-0.39, 0.29) is 36.9 Å². The normalized spacial score (nSPS) is 11.1. The van der Waals surface area contributed by atoms with Gasteiger partial charge in [0.25, 0.3) is 0 Å². The van der Waals surface area contributed by atoms with Gasteiger partial charge in [-0.2, -0.15) is 0 Å². The molecule has 1 aromatic rings. The van der Waals surface area contributed by atoms with Crippen molar-refractivity contribution < 1.29 is 19.1 Å². The molecule has 0 aliphatic heterocycles. The lowest BCUT2D eigenvalue weighted by Gasteiger charge is -2.08. The Morgan fingerprint density at radius 1 is 1.26 bits per heavy atom. The van der Waals surface area contributed by atoms with Gasteiger partial charge in [-0.3, -0.25) is 4.79 Å². The quantitative estimate of drug-likeness (QED) is 0.662. The van der Waals surface area contributed by atoms with E-state index in [0.29, 0.717) is 25.3 Å². The Bertz CT molecular complexity index is 477. The average Bonchev–Trinajstić information content (AvgIpc) is 2.46. The summed E-state index contributed by atoms with van der Waals surface area (Å²) in [6, 6.07) is 7.25. The topological polar surface area (TPSA) is 90.6 Å². The predicted molar refractivity (Wildman–Crippen MR) is 90.8 cm³/mol. The van der Waals surface area contributed by atoms with Crippen molar-refractivity contribution in [3.05, 3.63) is 29.8 Å². The zero-order valence-electron chi connectivity index (χ0n) is 13.5. The van der Waals surface area contributed by atoms with Crippen molar-refractivity contribution in [3.63, 3.8) is 0 Å². The third-order valence-electron chi connectivity index (χ3n) is 2.83. The van der Waals surface area contributed by atoms with Crippen LogP contribution in [0.5, 0.6) is 5.75 Å². The highest BCUT2D eigenvalue weighted by atomic mass is 35.5. The molecule has 0 radical (unpaired) electrons. The highest BCUT2D eigenvalue weighted by Crippen LogP contribution is 2.12. The molecule has 0 bridgehead atoms. The lowest BCUT2D eigenvalue weighted by Crippen LogP contribution is -2.31. The van der Waals surface area contributed by atoms with Crippen LogP contribution in [0.3, 0.4) is 0 Å². The monoisotopic (exact) mass is 344 g/mol. The zero-order valence-corrected chi connectivity index (χ0v) is 14.4. The Labute approximate surface area is 143 Å². The van der Waals surface area contributed by atoms with Crippen molar-refractivity contribution in [1.29, 1.82) is 0 Å². The lowest BCUT2D eigenvalue weighted by molar-refractivity contribution is -0.145. The second-order valence-electron chi connectivity index (χ2n) is 5.02. The van der Waals surface area contributed by atoms with Gasteiger partial charge in [0.15, 0.2) is 6.61 Å². The molecule has 1 rings (SSSR count). The van der Waals surface area contributed by atoms with Crippen molar-refractivity contribution in [2.24, 2.45) is 5.73 Å². The van der Waals surface area contributed by atoms with E-state index in [2.05, 4.69) is 5.32 Å². The van der Waals surface area contributed by atoms with Crippen molar-refractivity contribution in [2.75, 3.05) is 19.8 Å². The molecule has 6 nitrogen and oxygen atoms in total. The number of benzene rings is 1. The van der Waals surface area contributed by atoms with Gasteiger partial charge >= 0.3 is 5.97 Å². The zero-order chi connectivity index (χ0) is 16.4. The summed E-state index contributed by atoms with van der Waals surface area (Å²) in [5.74, 6) is 0.186. The number of ether oxygens (including phenoxy) is 2. The fourth-order valence-electron chi connectivity index (χ4n) is 1.81. The number of esters is 1. The number of nitrogens with two attached hydrogens (primary N) is 1. The van der Waals surface area contributed by atoms with Crippen LogP contribution in [0.4, 0.5) is 0 Å². The molecule has 1 amide bonds. The molecule has 0 aliphatic rings. The molecule has 3 N–H and O–H groups in total. The smallest absolute Gasteiger partial charge is 0.344 e. The Kier molecular flexibility index (Phi) is 10.8. The number of amides is 1. The van der Waals surface area contributed by atoms with Crippen molar-refractivity contribution in [3.8, 4) is 5.75 Å². The van der Waals surface area contributed by atoms with Crippen molar-refractivity contribution >= 4 is 24.3 Å². The number of hydrogen-bond donors (Lipinski definition) is 2. The number of rotatable bonds is 9. The third-order valence-corrected chi connectivity index (χ3v) is 2.83. The minimum Gasteiger partial charge on any atom is -0.482 e. The van der Waals surface area contributed by atoms with Gasteiger partial charge in [-0.25, -0.2) is 4.79 Å². The maximum absolute atomic E-state index is 11.4. The van der Waals surface area contributed by atoms with Gasteiger partial charge in [-0.15, -0.1) is 12.4 Å². The van der Waals surface area contributed by atoms with Crippen LogP contribution in [0.1, 0.15) is 25.8 Å². The fourth-order valence-corrected chi connectivity index (χ4v) is 1.81. The first-order valence-electron chi connectivity index (χ1n) is 7.41. The first kappa shape index (κ1) is 21.2. The summed E-state index contributed by atoms with van der Waals surface area (Å²) >= 11 is 0. The Balaban J connectivity index is 0.00000484. The Morgan fingerprint density at radius 3 is 2.48 bits per heavy atom. The van der Waals surface area contributed by atoms with Crippen LogP contribution in [-0.2, 0) is 20.7 Å². The van der Waals surface area contributed by atoms with Gasteiger partial charge in [0.1, 0.15) is 5.75 Å². The summed E-state index contributed by atoms with van der Waals surface area (Å²) in [5, 5.41) is 2.82. The maximum atomic E-state index is 11.4. The molecule has 0 spiro atoms. The van der Waals surface area contributed by atoms with Crippen LogP contribution in [0.15, 0.2) is 24.3 Å². The van der Waals surface area contributed by atoms with Gasteiger partial charge in [-0.05, 0) is 38.0 Å². The van der Waals surface area contributed by atoms with Crippen LogP contribution in [-0.4, -0.2) is 37.7 Å². The van der Waals surface area contributed by atoms with E-state index >= 15 is 0 Å². The number of carbonyl (C=O) groups excluding carboxylic acids is 2. The van der Waals surface area contributed by atoms with Gasteiger partial charge in [-0.1, -0.05) is 12.1 Å². The Hall–Kier alpha value is -1.79.